The maximum Gasteiger partial charge on any atom is 0.137 e. The third-order valence-electron chi connectivity index (χ3n) is 15.2. The monoisotopic (exact) mass is 935 g/mol. The first-order valence-electron chi connectivity index (χ1n) is 25.4. The minimum absolute atomic E-state index is 0.00627. The van der Waals surface area contributed by atoms with Gasteiger partial charge in [-0.3, -0.25) is 4.57 Å². The second kappa shape index (κ2) is 17.3. The number of anilines is 4. The standard InChI is InChI=1S/C66H70N4O/c1-62(2,3)46-27-31-57-56(38-46)55-30-29-54(42-59(55)70(57)61-40-47(33-34-67-61)63(4,5)6)71-53-26-20-25-51(41-53)68-43-69(58-32-28-48(39-60(58)68)65(10,11)44-21-16-14-17-22-44)52-36-49(64(7,8)9)35-50(37-52)66(12,13)45-23-18-15-19-24-45/h14-42H,43H2,1-13H3. The topological polar surface area (TPSA) is 33.5 Å². The van der Waals surface area contributed by atoms with Gasteiger partial charge in [0.15, 0.2) is 0 Å². The van der Waals surface area contributed by atoms with Gasteiger partial charge in [-0.15, -0.1) is 0 Å². The zero-order valence-electron chi connectivity index (χ0n) is 44.1. The van der Waals surface area contributed by atoms with E-state index in [0.717, 1.165) is 34.0 Å². The van der Waals surface area contributed by atoms with E-state index in [1.54, 1.807) is 0 Å². The summed E-state index contributed by atoms with van der Waals surface area (Å²) in [5, 5.41) is 2.38. The normalized spacial score (nSPS) is 13.6. The highest BCUT2D eigenvalue weighted by molar-refractivity contribution is 6.10. The quantitative estimate of drug-likeness (QED) is 0.144. The van der Waals surface area contributed by atoms with Gasteiger partial charge in [-0.1, -0.05) is 175 Å². The Balaban J connectivity index is 1.08. The molecule has 0 spiro atoms. The molecule has 360 valence electrons. The van der Waals surface area contributed by atoms with Gasteiger partial charge in [0.25, 0.3) is 0 Å². The van der Waals surface area contributed by atoms with Gasteiger partial charge in [-0.05, 0) is 128 Å². The number of fused-ring (bicyclic) bond motifs is 4. The Morgan fingerprint density at radius 3 is 1.63 bits per heavy atom. The van der Waals surface area contributed by atoms with Crippen molar-refractivity contribution in [3.05, 3.63) is 215 Å². The molecule has 0 fully saturated rings. The van der Waals surface area contributed by atoms with E-state index in [9.17, 15) is 0 Å². The van der Waals surface area contributed by atoms with E-state index in [0.29, 0.717) is 6.67 Å². The first-order valence-corrected chi connectivity index (χ1v) is 25.4. The number of pyridine rings is 1. The number of rotatable bonds is 9. The van der Waals surface area contributed by atoms with Crippen LogP contribution >= 0.6 is 0 Å². The van der Waals surface area contributed by atoms with Crippen LogP contribution in [0.1, 0.15) is 129 Å². The molecule has 5 heteroatoms. The third-order valence-corrected chi connectivity index (χ3v) is 15.2. The van der Waals surface area contributed by atoms with Crippen LogP contribution < -0.4 is 14.5 Å². The molecule has 0 saturated heterocycles. The minimum atomic E-state index is -0.224. The van der Waals surface area contributed by atoms with Crippen LogP contribution in [0.2, 0.25) is 0 Å². The lowest BCUT2D eigenvalue weighted by Crippen LogP contribution is -2.26. The molecule has 0 bridgehead atoms. The fraction of sp³-hybridized carbons (Fsp3) is 0.288. The van der Waals surface area contributed by atoms with Gasteiger partial charge in [0.1, 0.15) is 24.0 Å². The fourth-order valence-electron chi connectivity index (χ4n) is 10.3. The number of hydrogen-bond donors (Lipinski definition) is 0. The van der Waals surface area contributed by atoms with E-state index in [4.69, 9.17) is 9.72 Å². The molecular formula is C66H70N4O. The predicted octanol–water partition coefficient (Wildman–Crippen LogP) is 17.8. The average molecular weight is 935 g/mol. The van der Waals surface area contributed by atoms with Crippen LogP contribution in [0, 0.1) is 0 Å². The Bertz CT molecular complexity index is 3430. The van der Waals surface area contributed by atoms with Crippen molar-refractivity contribution >= 4 is 44.6 Å². The summed E-state index contributed by atoms with van der Waals surface area (Å²) in [5.41, 5.74) is 15.2. The van der Waals surface area contributed by atoms with Crippen molar-refractivity contribution in [3.8, 4) is 17.3 Å². The lowest BCUT2D eigenvalue weighted by Gasteiger charge is -2.32. The molecule has 1 aliphatic rings. The van der Waals surface area contributed by atoms with E-state index < -0.39 is 0 Å². The summed E-state index contributed by atoms with van der Waals surface area (Å²) in [5.74, 6) is 2.44. The van der Waals surface area contributed by atoms with Crippen molar-refractivity contribution in [2.45, 2.75) is 117 Å². The van der Waals surface area contributed by atoms with Crippen molar-refractivity contribution in [1.29, 1.82) is 0 Å². The lowest BCUT2D eigenvalue weighted by molar-refractivity contribution is 0.483. The summed E-state index contributed by atoms with van der Waals surface area (Å²) >= 11 is 0. The van der Waals surface area contributed by atoms with Crippen LogP contribution in [-0.4, -0.2) is 16.2 Å². The molecule has 7 aromatic carbocycles. The van der Waals surface area contributed by atoms with Crippen LogP contribution in [0.3, 0.4) is 0 Å². The Hall–Kier alpha value is -7.11. The molecule has 2 aromatic heterocycles. The Morgan fingerprint density at radius 1 is 0.380 bits per heavy atom. The highest BCUT2D eigenvalue weighted by Crippen LogP contribution is 2.49. The molecule has 5 nitrogen and oxygen atoms in total. The summed E-state index contributed by atoms with van der Waals surface area (Å²) < 4.78 is 9.25. The molecule has 0 radical (unpaired) electrons. The number of ether oxygens (including phenoxy) is 1. The second-order valence-electron chi connectivity index (χ2n) is 24.0. The van der Waals surface area contributed by atoms with Crippen molar-refractivity contribution in [2.24, 2.45) is 0 Å². The van der Waals surface area contributed by atoms with E-state index in [2.05, 4.69) is 274 Å². The van der Waals surface area contributed by atoms with Gasteiger partial charge >= 0.3 is 0 Å². The summed E-state index contributed by atoms with van der Waals surface area (Å²) in [6.07, 6.45) is 1.94. The van der Waals surface area contributed by atoms with Crippen LogP contribution in [0.15, 0.2) is 176 Å². The highest BCUT2D eigenvalue weighted by Gasteiger charge is 2.34. The van der Waals surface area contributed by atoms with Gasteiger partial charge in [-0.2, -0.15) is 0 Å². The molecule has 0 aliphatic carbocycles. The molecule has 3 heterocycles. The largest absolute Gasteiger partial charge is 0.457 e. The van der Waals surface area contributed by atoms with Crippen molar-refractivity contribution in [3.63, 3.8) is 0 Å². The average Bonchev–Trinajstić information content (AvgIpc) is 3.89. The fourth-order valence-corrected chi connectivity index (χ4v) is 10.3. The lowest BCUT2D eigenvalue weighted by atomic mass is 9.75. The zero-order valence-corrected chi connectivity index (χ0v) is 44.1. The van der Waals surface area contributed by atoms with Crippen LogP contribution in [-0.2, 0) is 27.1 Å². The van der Waals surface area contributed by atoms with Crippen LogP contribution in [0.5, 0.6) is 11.5 Å². The zero-order chi connectivity index (χ0) is 50.3. The summed E-state index contributed by atoms with van der Waals surface area (Å²) in [4.78, 5) is 9.94. The molecule has 0 amide bonds. The van der Waals surface area contributed by atoms with Gasteiger partial charge in [0.2, 0.25) is 0 Å². The molecule has 0 N–H and O–H groups in total. The van der Waals surface area contributed by atoms with Crippen molar-refractivity contribution in [2.75, 3.05) is 16.5 Å². The number of aromatic nitrogens is 2. The van der Waals surface area contributed by atoms with Gasteiger partial charge < -0.3 is 14.5 Å². The SMILES string of the molecule is CC(C)(C)c1cc(N2CN(c3cccc(Oc4ccc5c6cc(C(C)(C)C)ccc6n(-c6cc(C(C)(C)C)ccn6)c5c4)c3)c3cc(C(C)(C)c4ccccc4)ccc32)cc(C(C)(C)c2ccccc2)c1. The highest BCUT2D eigenvalue weighted by atomic mass is 16.5. The minimum Gasteiger partial charge on any atom is -0.457 e. The van der Waals surface area contributed by atoms with Crippen LogP contribution in [0.25, 0.3) is 27.6 Å². The Morgan fingerprint density at radius 2 is 0.972 bits per heavy atom. The van der Waals surface area contributed by atoms with Gasteiger partial charge in [0, 0.05) is 51.3 Å². The molecule has 0 saturated carbocycles. The number of benzene rings is 7. The third kappa shape index (κ3) is 8.90. The second-order valence-corrected chi connectivity index (χ2v) is 24.0. The van der Waals surface area contributed by atoms with Crippen LogP contribution in [0.4, 0.5) is 22.7 Å². The van der Waals surface area contributed by atoms with Crippen molar-refractivity contribution in [1.82, 2.24) is 9.55 Å². The van der Waals surface area contributed by atoms with E-state index in [1.807, 2.05) is 6.20 Å². The smallest absolute Gasteiger partial charge is 0.137 e. The van der Waals surface area contributed by atoms with E-state index >= 15 is 0 Å². The number of nitrogens with zero attached hydrogens (tertiary/aromatic N) is 4. The Kier molecular flexibility index (Phi) is 11.6. The molecule has 0 atom stereocenters. The molecule has 71 heavy (non-hydrogen) atoms. The first kappa shape index (κ1) is 47.6. The first-order chi connectivity index (χ1) is 33.6. The molecule has 0 unspecified atom stereocenters. The number of hydrogen-bond acceptors (Lipinski definition) is 4. The summed E-state index contributed by atoms with van der Waals surface area (Å²) in [6.45, 7) is 30.5. The van der Waals surface area contributed by atoms with E-state index in [1.165, 1.54) is 66.8 Å². The predicted molar refractivity (Wildman–Crippen MR) is 300 cm³/mol. The summed E-state index contributed by atoms with van der Waals surface area (Å²) in [7, 11) is 0. The van der Waals surface area contributed by atoms with Crippen molar-refractivity contribution < 1.29 is 4.74 Å². The molecule has 1 aliphatic heterocycles. The van der Waals surface area contributed by atoms with Gasteiger partial charge in [0.05, 0.1) is 22.4 Å². The van der Waals surface area contributed by atoms with Gasteiger partial charge in [-0.25, -0.2) is 4.98 Å². The molecular weight excluding hydrogens is 865 g/mol. The van der Waals surface area contributed by atoms with E-state index in [-0.39, 0.29) is 27.1 Å². The molecule has 9 aromatic rings. The summed E-state index contributed by atoms with van der Waals surface area (Å²) in [6, 6.07) is 62.5. The maximum absolute atomic E-state index is 6.94. The Labute approximate surface area is 422 Å². The maximum atomic E-state index is 6.94. The molecule has 10 rings (SSSR count).